The van der Waals surface area contributed by atoms with Crippen molar-refractivity contribution in [2.45, 2.75) is 20.4 Å². The van der Waals surface area contributed by atoms with E-state index >= 15 is 0 Å². The molecule has 2 N–H and O–H groups in total. The predicted octanol–water partition coefficient (Wildman–Crippen LogP) is 3.86. The first-order valence-electron chi connectivity index (χ1n) is 11.6. The average Bonchev–Trinajstić information content (AvgIpc) is 3.29. The highest BCUT2D eigenvalue weighted by Crippen LogP contribution is 2.38. The molecule has 3 heterocycles. The molecule has 0 aliphatic carbocycles. The number of ether oxygens (including phenoxy) is 3. The van der Waals surface area contributed by atoms with Crippen LogP contribution in [0.4, 0.5) is 5.69 Å². The van der Waals surface area contributed by atoms with E-state index in [0.717, 1.165) is 16.7 Å². The molecular weight excluding hydrogens is 474 g/mol. The predicted molar refractivity (Wildman–Crippen MR) is 142 cm³/mol. The lowest BCUT2D eigenvalue weighted by molar-refractivity contribution is -0.111. The van der Waals surface area contributed by atoms with Gasteiger partial charge in [-0.2, -0.15) is 5.10 Å². The van der Waals surface area contributed by atoms with Gasteiger partial charge in [-0.3, -0.25) is 19.3 Å². The lowest BCUT2D eigenvalue weighted by Crippen LogP contribution is -2.12. The van der Waals surface area contributed by atoms with E-state index in [1.165, 1.54) is 12.3 Å². The van der Waals surface area contributed by atoms with Crippen molar-refractivity contribution in [3.8, 4) is 34.1 Å². The van der Waals surface area contributed by atoms with Crippen LogP contribution in [-0.2, 0) is 16.1 Å². The molecule has 0 aliphatic heterocycles. The van der Waals surface area contributed by atoms with E-state index in [9.17, 15) is 9.59 Å². The number of pyridine rings is 2. The van der Waals surface area contributed by atoms with Crippen molar-refractivity contribution in [2.24, 2.45) is 0 Å². The number of H-pyrrole nitrogens is 1. The maximum absolute atomic E-state index is 13.3. The maximum Gasteiger partial charge on any atom is 0.256 e. The molecule has 10 heteroatoms. The number of amides is 1. The van der Waals surface area contributed by atoms with E-state index in [-0.39, 0.29) is 11.5 Å². The zero-order chi connectivity index (χ0) is 26.7. The molecule has 192 valence electrons. The fourth-order valence-corrected chi connectivity index (χ4v) is 4.39. The Morgan fingerprint density at radius 2 is 1.81 bits per heavy atom. The monoisotopic (exact) mass is 503 g/mol. The zero-order valence-corrected chi connectivity index (χ0v) is 21.5. The number of fused-ring (bicyclic) bond motifs is 1. The minimum absolute atomic E-state index is 0.281. The van der Waals surface area contributed by atoms with Crippen molar-refractivity contribution in [2.75, 3.05) is 33.3 Å². The van der Waals surface area contributed by atoms with Gasteiger partial charge in [-0.25, -0.2) is 0 Å². The summed E-state index contributed by atoms with van der Waals surface area (Å²) >= 11 is 0. The van der Waals surface area contributed by atoms with E-state index in [1.807, 2.05) is 26.0 Å². The Bertz CT molecular complexity index is 1530. The third-order valence-corrected chi connectivity index (χ3v) is 6.22. The van der Waals surface area contributed by atoms with Crippen molar-refractivity contribution in [3.63, 3.8) is 0 Å². The number of aromatic nitrogens is 4. The molecule has 0 bridgehead atoms. The summed E-state index contributed by atoms with van der Waals surface area (Å²) in [6.07, 6.45) is 4.35. The molecule has 0 atom stereocenters. The molecule has 0 saturated carbocycles. The van der Waals surface area contributed by atoms with Gasteiger partial charge in [-0.05, 0) is 32.1 Å². The lowest BCUT2D eigenvalue weighted by atomic mass is 9.96. The van der Waals surface area contributed by atoms with E-state index in [2.05, 4.69) is 27.0 Å². The molecular formula is C27H29N5O5. The molecule has 10 nitrogen and oxygen atoms in total. The second-order valence-corrected chi connectivity index (χ2v) is 8.39. The number of hydrogen-bond donors (Lipinski definition) is 2. The first kappa shape index (κ1) is 25.6. The Morgan fingerprint density at radius 3 is 2.43 bits per heavy atom. The van der Waals surface area contributed by atoms with Crippen LogP contribution in [0.3, 0.4) is 0 Å². The molecule has 1 amide bonds. The van der Waals surface area contributed by atoms with Gasteiger partial charge >= 0.3 is 0 Å². The van der Waals surface area contributed by atoms with Crippen LogP contribution in [0, 0.1) is 13.8 Å². The number of benzene rings is 1. The van der Waals surface area contributed by atoms with Gasteiger partial charge in [0.1, 0.15) is 17.2 Å². The molecule has 0 unspecified atom stereocenters. The second-order valence-electron chi connectivity index (χ2n) is 8.39. The van der Waals surface area contributed by atoms with E-state index in [4.69, 9.17) is 14.2 Å². The van der Waals surface area contributed by atoms with Crippen molar-refractivity contribution < 1.29 is 19.0 Å². The smallest absolute Gasteiger partial charge is 0.256 e. The van der Waals surface area contributed by atoms with Crippen LogP contribution in [0.2, 0.25) is 0 Å². The first-order valence-corrected chi connectivity index (χ1v) is 11.6. The molecule has 0 aliphatic rings. The maximum atomic E-state index is 13.3. The molecule has 4 rings (SSSR count). The fourth-order valence-electron chi connectivity index (χ4n) is 4.39. The lowest BCUT2D eigenvalue weighted by Gasteiger charge is -2.17. The van der Waals surface area contributed by atoms with Crippen LogP contribution < -0.4 is 20.3 Å². The topological polar surface area (TPSA) is 120 Å². The van der Waals surface area contributed by atoms with Gasteiger partial charge in [0.25, 0.3) is 5.56 Å². The van der Waals surface area contributed by atoms with Gasteiger partial charge in [-0.1, -0.05) is 6.58 Å². The van der Waals surface area contributed by atoms with E-state index in [1.54, 1.807) is 38.3 Å². The third-order valence-electron chi connectivity index (χ3n) is 6.22. The molecule has 0 spiro atoms. The minimum atomic E-state index is -0.379. The number of hydrogen-bond acceptors (Lipinski definition) is 7. The van der Waals surface area contributed by atoms with Crippen LogP contribution in [0.5, 0.6) is 11.5 Å². The van der Waals surface area contributed by atoms with Crippen LogP contribution in [-0.4, -0.2) is 53.6 Å². The Kier molecular flexibility index (Phi) is 7.40. The normalized spacial score (nSPS) is 10.9. The SMILES string of the molecule is C=CC(=O)Nc1cnn(CCOC)c1-c1cc2c(=O)[nH]c(-c3c(C)c(OC)cc(OC)c3C)cc2cn1. The second kappa shape index (κ2) is 10.7. The number of aromatic amines is 1. The number of carbonyl (C=O) groups is 1. The summed E-state index contributed by atoms with van der Waals surface area (Å²) < 4.78 is 17.9. The summed E-state index contributed by atoms with van der Waals surface area (Å²) in [6.45, 7) is 8.21. The Balaban J connectivity index is 1.87. The number of nitrogens with one attached hydrogen (secondary N) is 2. The molecule has 0 radical (unpaired) electrons. The highest BCUT2D eigenvalue weighted by molar-refractivity contribution is 6.01. The number of rotatable bonds is 9. The number of methoxy groups -OCH3 is 3. The van der Waals surface area contributed by atoms with Gasteiger partial charge in [-0.15, -0.1) is 0 Å². The molecule has 3 aromatic heterocycles. The summed E-state index contributed by atoms with van der Waals surface area (Å²) in [5.41, 5.74) is 4.42. The van der Waals surface area contributed by atoms with E-state index in [0.29, 0.717) is 58.2 Å². The number of nitrogens with zero attached hydrogens (tertiary/aromatic N) is 3. The van der Waals surface area contributed by atoms with Gasteiger partial charge in [0, 0.05) is 47.1 Å². The van der Waals surface area contributed by atoms with Crippen LogP contribution >= 0.6 is 0 Å². The molecule has 0 fully saturated rings. The Hall–Kier alpha value is -4.44. The third kappa shape index (κ3) is 4.83. The Morgan fingerprint density at radius 1 is 1.11 bits per heavy atom. The van der Waals surface area contributed by atoms with E-state index < -0.39 is 0 Å². The van der Waals surface area contributed by atoms with Crippen LogP contribution in [0.25, 0.3) is 33.4 Å². The summed E-state index contributed by atoms with van der Waals surface area (Å²) in [4.78, 5) is 32.9. The highest BCUT2D eigenvalue weighted by Gasteiger charge is 2.19. The minimum Gasteiger partial charge on any atom is -0.496 e. The average molecular weight is 504 g/mol. The zero-order valence-electron chi connectivity index (χ0n) is 21.5. The molecule has 4 aromatic rings. The van der Waals surface area contributed by atoms with Crippen molar-refractivity contribution >= 4 is 22.4 Å². The number of anilines is 1. The van der Waals surface area contributed by atoms with Crippen molar-refractivity contribution in [1.82, 2.24) is 19.7 Å². The van der Waals surface area contributed by atoms with Crippen LogP contribution in [0.15, 0.2) is 48.0 Å². The standard InChI is InChI=1S/C27H29N5O5/c1-7-24(33)30-21-14-29-32(8-9-35-4)26(21)20-11-18-17(13-28-20)10-19(31-27(18)34)25-15(2)22(36-5)12-23(37-6)16(25)3/h7,10-14H,1,8-9H2,2-6H3,(H,30,33)(H,31,34). The van der Waals surface area contributed by atoms with Crippen molar-refractivity contribution in [3.05, 3.63) is 64.7 Å². The highest BCUT2D eigenvalue weighted by atomic mass is 16.5. The van der Waals surface area contributed by atoms with Crippen LogP contribution in [0.1, 0.15) is 11.1 Å². The van der Waals surface area contributed by atoms with Gasteiger partial charge in [0.15, 0.2) is 0 Å². The summed E-state index contributed by atoms with van der Waals surface area (Å²) in [7, 11) is 4.79. The molecule has 1 aromatic carbocycles. The van der Waals surface area contributed by atoms with Gasteiger partial charge < -0.3 is 24.5 Å². The Labute approximate surface area is 213 Å². The fraction of sp³-hybridized carbons (Fsp3) is 0.259. The quantitative estimate of drug-likeness (QED) is 0.333. The van der Waals surface area contributed by atoms with Gasteiger partial charge in [0.2, 0.25) is 5.91 Å². The molecule has 0 saturated heterocycles. The summed E-state index contributed by atoms with van der Waals surface area (Å²) in [5.74, 6) is 0.936. The molecule has 37 heavy (non-hydrogen) atoms. The summed E-state index contributed by atoms with van der Waals surface area (Å²) in [5, 5.41) is 8.21. The van der Waals surface area contributed by atoms with Crippen molar-refractivity contribution in [1.29, 1.82) is 0 Å². The van der Waals surface area contributed by atoms with Gasteiger partial charge in [0.05, 0.1) is 50.3 Å². The first-order chi connectivity index (χ1) is 17.8. The number of carbonyl (C=O) groups excluding carboxylic acids is 1. The largest absolute Gasteiger partial charge is 0.496 e. The summed E-state index contributed by atoms with van der Waals surface area (Å²) in [6, 6.07) is 5.40.